The van der Waals surface area contributed by atoms with Crippen LogP contribution in [0.3, 0.4) is 0 Å². The molecule has 6 nitrogen and oxygen atoms in total. The van der Waals surface area contributed by atoms with E-state index < -0.39 is 21.7 Å². The monoisotopic (exact) mass is 433 g/mol. The number of nitrogens with zero attached hydrogens (tertiary/aromatic N) is 2. The zero-order valence-corrected chi connectivity index (χ0v) is 16.5. The second-order valence-corrected chi connectivity index (χ2v) is 8.96. The van der Waals surface area contributed by atoms with Crippen LogP contribution in [0.25, 0.3) is 22.2 Å². The van der Waals surface area contributed by atoms with Crippen LogP contribution < -0.4 is 4.72 Å². The lowest BCUT2D eigenvalue weighted by Crippen LogP contribution is -2.14. The van der Waals surface area contributed by atoms with Crippen molar-refractivity contribution in [2.24, 2.45) is 0 Å². The minimum Gasteiger partial charge on any atom is -0.333 e. The number of sulfonamides is 1. The number of aryl methyl sites for hydroxylation is 1. The summed E-state index contributed by atoms with van der Waals surface area (Å²) in [5.74, 6) is -0.835. The molecular formula is C19H13F2N3O3S2. The van der Waals surface area contributed by atoms with Gasteiger partial charge in [-0.2, -0.15) is 4.98 Å². The Balaban J connectivity index is 1.66. The maximum absolute atomic E-state index is 13.8. The number of benzene rings is 2. The quantitative estimate of drug-likeness (QED) is 0.486. The van der Waals surface area contributed by atoms with Gasteiger partial charge in [0.25, 0.3) is 15.9 Å². The number of thiophene rings is 1. The van der Waals surface area contributed by atoms with Gasteiger partial charge in [0.2, 0.25) is 5.82 Å². The second kappa shape index (κ2) is 7.37. The molecule has 0 aliphatic heterocycles. The van der Waals surface area contributed by atoms with E-state index in [0.717, 1.165) is 17.4 Å². The summed E-state index contributed by atoms with van der Waals surface area (Å²) in [6.45, 7) is 1.62. The molecule has 0 fully saturated rings. The fourth-order valence-electron chi connectivity index (χ4n) is 2.65. The average Bonchev–Trinajstić information content (AvgIpc) is 3.31. The Hall–Kier alpha value is -3.11. The van der Waals surface area contributed by atoms with E-state index in [1.807, 2.05) is 0 Å². The lowest BCUT2D eigenvalue weighted by Gasteiger charge is -2.08. The van der Waals surface area contributed by atoms with Crippen LogP contribution in [0.1, 0.15) is 4.88 Å². The number of hydrogen-bond donors (Lipinski definition) is 1. The van der Waals surface area contributed by atoms with Crippen LogP contribution in [0.15, 0.2) is 64.0 Å². The first-order valence-electron chi connectivity index (χ1n) is 8.31. The minimum absolute atomic E-state index is 0.0220. The number of rotatable bonds is 5. The third-order valence-corrected chi connectivity index (χ3v) is 6.66. The summed E-state index contributed by atoms with van der Waals surface area (Å²) in [4.78, 5) is 5.08. The van der Waals surface area contributed by atoms with Gasteiger partial charge in [0.15, 0.2) is 0 Å². The highest BCUT2D eigenvalue weighted by Gasteiger charge is 2.24. The van der Waals surface area contributed by atoms with Gasteiger partial charge in [-0.3, -0.25) is 4.72 Å². The number of anilines is 1. The molecule has 4 rings (SSSR count). The molecule has 0 saturated carbocycles. The lowest BCUT2D eigenvalue weighted by molar-refractivity contribution is 0.433. The molecule has 0 radical (unpaired) electrons. The molecule has 0 aliphatic carbocycles. The third-order valence-electron chi connectivity index (χ3n) is 4.00. The van der Waals surface area contributed by atoms with Crippen LogP contribution in [-0.4, -0.2) is 18.6 Å². The molecule has 0 bridgehead atoms. The molecule has 2 aromatic carbocycles. The van der Waals surface area contributed by atoms with Crippen molar-refractivity contribution in [3.8, 4) is 22.2 Å². The average molecular weight is 433 g/mol. The van der Waals surface area contributed by atoms with Crippen molar-refractivity contribution in [2.75, 3.05) is 4.72 Å². The summed E-state index contributed by atoms with van der Waals surface area (Å²) in [6, 6.07) is 12.6. The first-order chi connectivity index (χ1) is 13.8. The molecule has 29 heavy (non-hydrogen) atoms. The molecule has 0 amide bonds. The topological polar surface area (TPSA) is 85.1 Å². The standard InChI is InChI=1S/C19H13F2N3O3S2/c1-11-17(29(25,26)24-15-8-3-2-7-14(15)21)10-16(28-11)19-22-18(23-27-19)12-5-4-6-13(20)9-12/h2-10,24H,1H3. The maximum Gasteiger partial charge on any atom is 0.268 e. The normalized spacial score (nSPS) is 11.6. The second-order valence-electron chi connectivity index (χ2n) is 6.05. The van der Waals surface area contributed by atoms with E-state index in [-0.39, 0.29) is 22.3 Å². The molecule has 148 valence electrons. The van der Waals surface area contributed by atoms with Crippen LogP contribution in [0, 0.1) is 18.6 Å². The summed E-state index contributed by atoms with van der Waals surface area (Å²) in [5.41, 5.74) is 0.285. The number of para-hydroxylation sites is 1. The molecule has 1 N–H and O–H groups in total. The fraction of sp³-hybridized carbons (Fsp3) is 0.0526. The van der Waals surface area contributed by atoms with Crippen LogP contribution in [-0.2, 0) is 10.0 Å². The van der Waals surface area contributed by atoms with E-state index in [9.17, 15) is 17.2 Å². The van der Waals surface area contributed by atoms with Gasteiger partial charge in [-0.05, 0) is 37.3 Å². The van der Waals surface area contributed by atoms with Gasteiger partial charge in [-0.15, -0.1) is 11.3 Å². The van der Waals surface area contributed by atoms with Gasteiger partial charge in [0, 0.05) is 10.4 Å². The van der Waals surface area contributed by atoms with Crippen molar-refractivity contribution < 1.29 is 21.7 Å². The molecule has 4 aromatic rings. The SMILES string of the molecule is Cc1sc(-c2nc(-c3cccc(F)c3)no2)cc1S(=O)(=O)Nc1ccccc1F. The van der Waals surface area contributed by atoms with Crippen LogP contribution in [0.4, 0.5) is 14.5 Å². The van der Waals surface area contributed by atoms with Gasteiger partial charge < -0.3 is 4.52 Å². The first kappa shape index (κ1) is 19.2. The summed E-state index contributed by atoms with van der Waals surface area (Å²) in [5, 5.41) is 3.82. The van der Waals surface area contributed by atoms with E-state index >= 15 is 0 Å². The molecule has 2 aromatic heterocycles. The van der Waals surface area contributed by atoms with E-state index in [0.29, 0.717) is 15.3 Å². The Morgan fingerprint density at radius 3 is 2.62 bits per heavy atom. The molecule has 2 heterocycles. The molecule has 0 unspecified atom stereocenters. The van der Waals surface area contributed by atoms with Crippen LogP contribution in [0.5, 0.6) is 0 Å². The fourth-order valence-corrected chi connectivity index (χ4v) is 5.23. The summed E-state index contributed by atoms with van der Waals surface area (Å²) in [6.07, 6.45) is 0. The van der Waals surface area contributed by atoms with Crippen molar-refractivity contribution >= 4 is 27.0 Å². The highest BCUT2D eigenvalue weighted by molar-refractivity contribution is 7.93. The molecule has 0 atom stereocenters. The number of aromatic nitrogens is 2. The van der Waals surface area contributed by atoms with Crippen LogP contribution in [0.2, 0.25) is 0 Å². The molecule has 10 heteroatoms. The van der Waals surface area contributed by atoms with Crippen molar-refractivity contribution in [1.29, 1.82) is 0 Å². The maximum atomic E-state index is 13.8. The highest BCUT2D eigenvalue weighted by atomic mass is 32.2. The Bertz CT molecular complexity index is 1300. The summed E-state index contributed by atoms with van der Waals surface area (Å²) >= 11 is 1.14. The largest absolute Gasteiger partial charge is 0.333 e. The Kier molecular flexibility index (Phi) is 4.89. The zero-order valence-electron chi connectivity index (χ0n) is 14.9. The Labute approximate surface area is 168 Å². The predicted molar refractivity (Wildman–Crippen MR) is 105 cm³/mol. The van der Waals surface area contributed by atoms with Gasteiger partial charge in [0.1, 0.15) is 16.5 Å². The van der Waals surface area contributed by atoms with Gasteiger partial charge in [-0.25, -0.2) is 17.2 Å². The smallest absolute Gasteiger partial charge is 0.268 e. The predicted octanol–water partition coefficient (Wildman–Crippen LogP) is 4.85. The van der Waals surface area contributed by atoms with Crippen molar-refractivity contribution in [3.05, 3.63) is 71.1 Å². The van der Waals surface area contributed by atoms with E-state index in [2.05, 4.69) is 14.9 Å². The highest BCUT2D eigenvalue weighted by Crippen LogP contribution is 2.34. The van der Waals surface area contributed by atoms with Crippen molar-refractivity contribution in [1.82, 2.24) is 10.1 Å². The first-order valence-corrected chi connectivity index (χ1v) is 10.6. The number of hydrogen-bond acceptors (Lipinski definition) is 6. The number of nitrogens with one attached hydrogen (secondary N) is 1. The Morgan fingerprint density at radius 2 is 1.86 bits per heavy atom. The molecular weight excluding hydrogens is 420 g/mol. The molecule has 0 aliphatic rings. The summed E-state index contributed by atoms with van der Waals surface area (Å²) in [7, 11) is -4.02. The Morgan fingerprint density at radius 1 is 1.07 bits per heavy atom. The zero-order chi connectivity index (χ0) is 20.6. The lowest BCUT2D eigenvalue weighted by atomic mass is 10.2. The molecule has 0 spiro atoms. The van der Waals surface area contributed by atoms with Gasteiger partial charge >= 0.3 is 0 Å². The minimum atomic E-state index is -4.02. The van der Waals surface area contributed by atoms with Gasteiger partial charge in [-0.1, -0.05) is 29.4 Å². The van der Waals surface area contributed by atoms with Crippen molar-refractivity contribution in [3.63, 3.8) is 0 Å². The van der Waals surface area contributed by atoms with Crippen LogP contribution >= 0.6 is 11.3 Å². The van der Waals surface area contributed by atoms with Gasteiger partial charge in [0.05, 0.1) is 10.6 Å². The molecule has 0 saturated heterocycles. The van der Waals surface area contributed by atoms with E-state index in [1.165, 1.54) is 42.5 Å². The third kappa shape index (κ3) is 3.89. The number of halogens is 2. The van der Waals surface area contributed by atoms with Crippen molar-refractivity contribution in [2.45, 2.75) is 11.8 Å². The van der Waals surface area contributed by atoms with E-state index in [1.54, 1.807) is 13.0 Å². The van der Waals surface area contributed by atoms with E-state index in [4.69, 9.17) is 4.52 Å². The summed E-state index contributed by atoms with van der Waals surface area (Å²) < 4.78 is 60.1.